The number of aliphatic hydroxyl groups is 1. The van der Waals surface area contributed by atoms with E-state index in [0.29, 0.717) is 5.92 Å². The fraction of sp³-hybridized carbons (Fsp3) is 0.600. The second kappa shape index (κ2) is 6.01. The summed E-state index contributed by atoms with van der Waals surface area (Å²) in [4.78, 5) is 0. The van der Waals surface area contributed by atoms with Gasteiger partial charge in [0.15, 0.2) is 0 Å². The fourth-order valence-corrected chi connectivity index (χ4v) is 3.34. The van der Waals surface area contributed by atoms with Gasteiger partial charge in [0.2, 0.25) is 0 Å². The molecule has 0 saturated heterocycles. The molecule has 0 aromatic heterocycles. The Morgan fingerprint density at radius 2 is 2.12 bits per heavy atom. The predicted molar refractivity (Wildman–Crippen MR) is 75.0 cm³/mol. The Morgan fingerprint density at radius 3 is 2.76 bits per heavy atom. The highest BCUT2D eigenvalue weighted by molar-refractivity contribution is 9.10. The Kier molecular flexibility index (Phi) is 4.63. The molecule has 0 radical (unpaired) electrons. The van der Waals surface area contributed by atoms with Crippen LogP contribution in [0.1, 0.15) is 38.2 Å². The van der Waals surface area contributed by atoms with Crippen molar-refractivity contribution in [3.8, 4) is 0 Å². The predicted octanol–water partition coefficient (Wildman–Crippen LogP) is 4.18. The summed E-state index contributed by atoms with van der Waals surface area (Å²) in [5.41, 5.74) is 1.22. The van der Waals surface area contributed by atoms with E-state index in [9.17, 15) is 5.11 Å². The van der Waals surface area contributed by atoms with Crippen LogP contribution in [-0.2, 0) is 6.42 Å². The highest BCUT2D eigenvalue weighted by atomic mass is 79.9. The van der Waals surface area contributed by atoms with Gasteiger partial charge < -0.3 is 5.11 Å². The number of rotatable bonds is 4. The Bertz CT molecular complexity index is 364. The van der Waals surface area contributed by atoms with E-state index in [4.69, 9.17) is 0 Å². The zero-order valence-electron chi connectivity index (χ0n) is 10.4. The molecule has 2 heteroatoms. The summed E-state index contributed by atoms with van der Waals surface area (Å²) in [6.45, 7) is 2.26. The number of hydrogen-bond donors (Lipinski definition) is 1. The number of hydrogen-bond acceptors (Lipinski definition) is 1. The molecule has 0 bridgehead atoms. The largest absolute Gasteiger partial charge is 0.392 e. The van der Waals surface area contributed by atoms with E-state index < -0.39 is 0 Å². The summed E-state index contributed by atoms with van der Waals surface area (Å²) in [6.07, 6.45) is 5.58. The molecule has 1 aromatic carbocycles. The molecule has 3 atom stereocenters. The van der Waals surface area contributed by atoms with E-state index in [1.54, 1.807) is 0 Å². The molecule has 1 aromatic rings. The van der Waals surface area contributed by atoms with Gasteiger partial charge in [-0.1, -0.05) is 53.9 Å². The minimum absolute atomic E-state index is 0.176. The van der Waals surface area contributed by atoms with E-state index in [-0.39, 0.29) is 6.10 Å². The standard InChI is InChI=1S/C15H21BrO/c1-2-11-7-8-13(9-11)15(17)10-12-5-3-4-6-14(12)16/h3-6,11,13,15,17H,2,7-10H2,1H3. The average Bonchev–Trinajstić information content (AvgIpc) is 2.81. The molecule has 1 saturated carbocycles. The van der Waals surface area contributed by atoms with Gasteiger partial charge in [0.05, 0.1) is 6.10 Å². The number of benzene rings is 1. The maximum atomic E-state index is 10.3. The van der Waals surface area contributed by atoms with E-state index in [2.05, 4.69) is 28.9 Å². The summed E-state index contributed by atoms with van der Waals surface area (Å²) < 4.78 is 1.11. The van der Waals surface area contributed by atoms with Gasteiger partial charge in [-0.2, -0.15) is 0 Å². The molecule has 0 heterocycles. The quantitative estimate of drug-likeness (QED) is 0.884. The molecule has 0 aliphatic heterocycles. The first-order valence-corrected chi connectivity index (χ1v) is 7.41. The monoisotopic (exact) mass is 296 g/mol. The molecular weight excluding hydrogens is 276 g/mol. The topological polar surface area (TPSA) is 20.2 Å². The van der Waals surface area contributed by atoms with Crippen molar-refractivity contribution in [3.63, 3.8) is 0 Å². The Morgan fingerprint density at radius 1 is 1.35 bits per heavy atom. The van der Waals surface area contributed by atoms with Gasteiger partial charge in [0, 0.05) is 4.47 Å². The zero-order valence-corrected chi connectivity index (χ0v) is 12.0. The van der Waals surface area contributed by atoms with Crippen molar-refractivity contribution in [3.05, 3.63) is 34.3 Å². The molecular formula is C15H21BrO. The molecule has 94 valence electrons. The normalized spacial score (nSPS) is 26.1. The fourth-order valence-electron chi connectivity index (χ4n) is 2.89. The summed E-state index contributed by atoms with van der Waals surface area (Å²) in [7, 11) is 0. The minimum atomic E-state index is -0.176. The first kappa shape index (κ1) is 13.1. The van der Waals surface area contributed by atoms with Crippen molar-refractivity contribution >= 4 is 15.9 Å². The van der Waals surface area contributed by atoms with Gasteiger partial charge in [-0.25, -0.2) is 0 Å². The summed E-state index contributed by atoms with van der Waals surface area (Å²) >= 11 is 3.55. The van der Waals surface area contributed by atoms with Crippen molar-refractivity contribution in [1.29, 1.82) is 0 Å². The van der Waals surface area contributed by atoms with E-state index in [1.165, 1.54) is 31.2 Å². The van der Waals surface area contributed by atoms with Crippen LogP contribution in [0.4, 0.5) is 0 Å². The molecule has 3 unspecified atom stereocenters. The second-order valence-corrected chi connectivity index (χ2v) is 6.06. The summed E-state index contributed by atoms with van der Waals surface area (Å²) in [5, 5.41) is 10.3. The van der Waals surface area contributed by atoms with Crippen molar-refractivity contribution in [2.45, 2.75) is 45.1 Å². The van der Waals surface area contributed by atoms with Crippen molar-refractivity contribution in [2.75, 3.05) is 0 Å². The number of aliphatic hydroxyl groups excluding tert-OH is 1. The molecule has 0 amide bonds. The highest BCUT2D eigenvalue weighted by Crippen LogP contribution is 2.36. The third kappa shape index (κ3) is 3.32. The van der Waals surface area contributed by atoms with Crippen molar-refractivity contribution in [1.82, 2.24) is 0 Å². The Labute approximate surface area is 112 Å². The smallest absolute Gasteiger partial charge is 0.0609 e. The van der Waals surface area contributed by atoms with Crippen LogP contribution in [-0.4, -0.2) is 11.2 Å². The van der Waals surface area contributed by atoms with Crippen molar-refractivity contribution < 1.29 is 5.11 Å². The van der Waals surface area contributed by atoms with Gasteiger partial charge in [-0.3, -0.25) is 0 Å². The molecule has 1 fully saturated rings. The molecule has 0 spiro atoms. The maximum absolute atomic E-state index is 10.3. The molecule has 1 nitrogen and oxygen atoms in total. The summed E-state index contributed by atoms with van der Waals surface area (Å²) in [6, 6.07) is 8.20. The van der Waals surface area contributed by atoms with Crippen LogP contribution in [0.25, 0.3) is 0 Å². The third-order valence-electron chi connectivity index (χ3n) is 4.09. The molecule has 1 aliphatic rings. The van der Waals surface area contributed by atoms with Gasteiger partial charge in [-0.05, 0) is 42.7 Å². The zero-order chi connectivity index (χ0) is 12.3. The lowest BCUT2D eigenvalue weighted by Gasteiger charge is -2.19. The van der Waals surface area contributed by atoms with Crippen LogP contribution in [0, 0.1) is 11.8 Å². The van der Waals surface area contributed by atoms with Gasteiger partial charge in [0.25, 0.3) is 0 Å². The third-order valence-corrected chi connectivity index (χ3v) is 4.86. The maximum Gasteiger partial charge on any atom is 0.0609 e. The van der Waals surface area contributed by atoms with E-state index >= 15 is 0 Å². The van der Waals surface area contributed by atoms with Crippen molar-refractivity contribution in [2.24, 2.45) is 11.8 Å². The SMILES string of the molecule is CCC1CCC(C(O)Cc2ccccc2Br)C1. The van der Waals surface area contributed by atoms with Gasteiger partial charge >= 0.3 is 0 Å². The van der Waals surface area contributed by atoms with Crippen LogP contribution < -0.4 is 0 Å². The molecule has 17 heavy (non-hydrogen) atoms. The first-order chi connectivity index (χ1) is 8.20. The number of halogens is 1. The average molecular weight is 297 g/mol. The Hall–Kier alpha value is -0.340. The van der Waals surface area contributed by atoms with Crippen LogP contribution in [0.2, 0.25) is 0 Å². The van der Waals surface area contributed by atoms with Gasteiger partial charge in [0.1, 0.15) is 0 Å². The van der Waals surface area contributed by atoms with Gasteiger partial charge in [-0.15, -0.1) is 0 Å². The van der Waals surface area contributed by atoms with Crippen LogP contribution in [0.3, 0.4) is 0 Å². The molecule has 1 N–H and O–H groups in total. The second-order valence-electron chi connectivity index (χ2n) is 5.21. The molecule has 2 rings (SSSR count). The Balaban J connectivity index is 1.94. The minimum Gasteiger partial charge on any atom is -0.392 e. The van der Waals surface area contributed by atoms with E-state index in [0.717, 1.165) is 16.8 Å². The lowest BCUT2D eigenvalue weighted by molar-refractivity contribution is 0.108. The van der Waals surface area contributed by atoms with E-state index in [1.807, 2.05) is 18.2 Å². The highest BCUT2D eigenvalue weighted by Gasteiger charge is 2.29. The first-order valence-electron chi connectivity index (χ1n) is 6.62. The van der Waals surface area contributed by atoms with Crippen LogP contribution in [0.15, 0.2) is 28.7 Å². The lowest BCUT2D eigenvalue weighted by atomic mass is 9.93. The van der Waals surface area contributed by atoms with Crippen LogP contribution in [0.5, 0.6) is 0 Å². The van der Waals surface area contributed by atoms with Crippen LogP contribution >= 0.6 is 15.9 Å². The summed E-state index contributed by atoms with van der Waals surface area (Å²) in [5.74, 6) is 1.35. The molecule has 1 aliphatic carbocycles. The lowest BCUT2D eigenvalue weighted by Crippen LogP contribution is -2.21.